The summed E-state index contributed by atoms with van der Waals surface area (Å²) in [7, 11) is 0. The third-order valence-corrected chi connectivity index (χ3v) is 6.12. The number of carbonyl (C=O) groups excluding carboxylic acids is 2. The van der Waals surface area contributed by atoms with Gasteiger partial charge in [-0.1, -0.05) is 48.2 Å². The second-order valence-electron chi connectivity index (χ2n) is 6.82. The number of para-hydroxylation sites is 1. The highest BCUT2D eigenvalue weighted by atomic mass is 32.2. The minimum Gasteiger partial charge on any atom is -0.318 e. The van der Waals surface area contributed by atoms with Gasteiger partial charge >= 0.3 is 0 Å². The van der Waals surface area contributed by atoms with Crippen molar-refractivity contribution in [3.63, 3.8) is 0 Å². The molecule has 0 aliphatic carbocycles. The zero-order chi connectivity index (χ0) is 21.3. The highest BCUT2D eigenvalue weighted by molar-refractivity contribution is 8.26. The first-order chi connectivity index (χ1) is 14.5. The molecular formula is C23H19N3O2S2. The number of nitrogens with zero attached hydrogens (tertiary/aromatic N) is 2. The van der Waals surface area contributed by atoms with E-state index in [9.17, 15) is 9.59 Å². The third kappa shape index (κ3) is 3.81. The van der Waals surface area contributed by atoms with E-state index in [0.717, 1.165) is 27.6 Å². The van der Waals surface area contributed by atoms with Crippen molar-refractivity contribution in [1.29, 1.82) is 0 Å². The molecule has 1 aromatic heterocycles. The second kappa shape index (κ2) is 8.30. The van der Waals surface area contributed by atoms with Gasteiger partial charge in [0.1, 0.15) is 0 Å². The maximum atomic E-state index is 12.9. The van der Waals surface area contributed by atoms with E-state index in [1.165, 1.54) is 11.8 Å². The molecule has 7 heteroatoms. The summed E-state index contributed by atoms with van der Waals surface area (Å²) < 4.78 is 2.44. The third-order valence-electron chi connectivity index (χ3n) is 4.81. The molecule has 1 aliphatic heterocycles. The lowest BCUT2D eigenvalue weighted by Gasteiger charge is -2.15. The van der Waals surface area contributed by atoms with Gasteiger partial charge in [0.2, 0.25) is 0 Å². The predicted molar refractivity (Wildman–Crippen MR) is 124 cm³/mol. The van der Waals surface area contributed by atoms with Gasteiger partial charge < -0.3 is 4.57 Å². The quantitative estimate of drug-likeness (QED) is 0.481. The molecule has 30 heavy (non-hydrogen) atoms. The molecular weight excluding hydrogens is 414 g/mol. The maximum absolute atomic E-state index is 12.9. The standard InChI is InChI=1S/C23H19N3O2S2/c1-15-13-18(16(2)25(15)19-11-7-4-8-12-19)14-20-22(28)26(23(29)30-20)24-21(27)17-9-5-3-6-10-17/h3-14H,1-2H3,(H,24,27). The summed E-state index contributed by atoms with van der Waals surface area (Å²) >= 11 is 6.51. The summed E-state index contributed by atoms with van der Waals surface area (Å²) in [5, 5.41) is 1.14. The Morgan fingerprint density at radius 3 is 2.33 bits per heavy atom. The molecule has 2 heterocycles. The van der Waals surface area contributed by atoms with E-state index in [2.05, 4.69) is 9.99 Å². The lowest BCUT2D eigenvalue weighted by molar-refractivity contribution is -0.123. The highest BCUT2D eigenvalue weighted by Crippen LogP contribution is 2.33. The van der Waals surface area contributed by atoms with E-state index in [1.54, 1.807) is 24.3 Å². The molecule has 1 fully saturated rings. The summed E-state index contributed by atoms with van der Waals surface area (Å²) in [4.78, 5) is 25.8. The van der Waals surface area contributed by atoms with Gasteiger partial charge in [-0.15, -0.1) is 0 Å². The Balaban J connectivity index is 1.59. The number of rotatable bonds is 4. The van der Waals surface area contributed by atoms with Crippen LogP contribution in [0.2, 0.25) is 0 Å². The second-order valence-corrected chi connectivity index (χ2v) is 8.50. The smallest absolute Gasteiger partial charge is 0.285 e. The van der Waals surface area contributed by atoms with Crippen LogP contribution in [0.5, 0.6) is 0 Å². The molecule has 1 N–H and O–H groups in total. The molecule has 5 nitrogen and oxygen atoms in total. The van der Waals surface area contributed by atoms with Crippen LogP contribution in [0.15, 0.2) is 71.6 Å². The maximum Gasteiger partial charge on any atom is 0.285 e. The first-order valence-corrected chi connectivity index (χ1v) is 10.6. The monoisotopic (exact) mass is 433 g/mol. The molecule has 0 saturated carbocycles. The molecule has 150 valence electrons. The van der Waals surface area contributed by atoms with Crippen LogP contribution < -0.4 is 5.43 Å². The van der Waals surface area contributed by atoms with Crippen molar-refractivity contribution >= 4 is 46.2 Å². The van der Waals surface area contributed by atoms with E-state index < -0.39 is 0 Å². The number of carbonyl (C=O) groups is 2. The molecule has 1 saturated heterocycles. The number of hydrogen-bond acceptors (Lipinski definition) is 4. The SMILES string of the molecule is Cc1cc(C=C2SC(=S)N(NC(=O)c3ccccc3)C2=O)c(C)n1-c1ccccc1. The van der Waals surface area contributed by atoms with Crippen LogP contribution in [0.3, 0.4) is 0 Å². The van der Waals surface area contributed by atoms with Crippen LogP contribution in [0.1, 0.15) is 27.3 Å². The number of aromatic nitrogens is 1. The largest absolute Gasteiger partial charge is 0.318 e. The molecule has 3 aromatic rings. The van der Waals surface area contributed by atoms with Crippen molar-refractivity contribution < 1.29 is 9.59 Å². The molecule has 0 atom stereocenters. The van der Waals surface area contributed by atoms with Crippen LogP contribution in [0, 0.1) is 13.8 Å². The average Bonchev–Trinajstić information content (AvgIpc) is 3.18. The molecule has 2 aromatic carbocycles. The molecule has 0 bridgehead atoms. The van der Waals surface area contributed by atoms with Crippen molar-refractivity contribution in [2.45, 2.75) is 13.8 Å². The fourth-order valence-electron chi connectivity index (χ4n) is 3.37. The first-order valence-electron chi connectivity index (χ1n) is 9.34. The van der Waals surface area contributed by atoms with E-state index in [0.29, 0.717) is 14.8 Å². The van der Waals surface area contributed by atoms with Crippen molar-refractivity contribution in [3.8, 4) is 5.69 Å². The van der Waals surface area contributed by atoms with E-state index in [1.807, 2.05) is 62.4 Å². The Morgan fingerprint density at radius 2 is 1.67 bits per heavy atom. The fourth-order valence-corrected chi connectivity index (χ4v) is 4.54. The molecule has 0 spiro atoms. The van der Waals surface area contributed by atoms with E-state index >= 15 is 0 Å². The zero-order valence-electron chi connectivity index (χ0n) is 16.5. The first kappa shape index (κ1) is 20.1. The van der Waals surface area contributed by atoms with Crippen LogP contribution in [-0.4, -0.2) is 25.7 Å². The summed E-state index contributed by atoms with van der Waals surface area (Å²) in [5.74, 6) is -0.714. The molecule has 4 rings (SSSR count). The summed E-state index contributed by atoms with van der Waals surface area (Å²) in [6.07, 6.45) is 1.83. The van der Waals surface area contributed by atoms with Gasteiger partial charge in [0.15, 0.2) is 4.32 Å². The Kier molecular flexibility index (Phi) is 5.57. The summed E-state index contributed by atoms with van der Waals surface area (Å²) in [6, 6.07) is 20.8. The average molecular weight is 434 g/mol. The minimum atomic E-state index is -0.379. The number of benzene rings is 2. The predicted octanol–water partition coefficient (Wildman–Crippen LogP) is 4.64. The number of aryl methyl sites for hydroxylation is 1. The van der Waals surface area contributed by atoms with Crippen molar-refractivity contribution in [3.05, 3.63) is 94.1 Å². The summed E-state index contributed by atoms with van der Waals surface area (Å²) in [6.45, 7) is 4.05. The minimum absolute atomic E-state index is 0.299. The number of hydrazine groups is 1. The highest BCUT2D eigenvalue weighted by Gasteiger charge is 2.34. The van der Waals surface area contributed by atoms with Crippen LogP contribution >= 0.6 is 24.0 Å². The normalized spacial score (nSPS) is 15.1. The van der Waals surface area contributed by atoms with E-state index in [-0.39, 0.29) is 11.8 Å². The van der Waals surface area contributed by atoms with Crippen LogP contribution in [0.25, 0.3) is 11.8 Å². The van der Waals surface area contributed by atoms with Crippen molar-refractivity contribution in [1.82, 2.24) is 15.0 Å². The van der Waals surface area contributed by atoms with E-state index in [4.69, 9.17) is 12.2 Å². The van der Waals surface area contributed by atoms with Gasteiger partial charge in [-0.2, -0.15) is 5.01 Å². The fraction of sp³-hybridized carbons (Fsp3) is 0.0870. The van der Waals surface area contributed by atoms with Crippen molar-refractivity contribution in [2.75, 3.05) is 0 Å². The zero-order valence-corrected chi connectivity index (χ0v) is 18.1. The van der Waals surface area contributed by atoms with Gasteiger partial charge in [-0.05, 0) is 68.0 Å². The number of nitrogens with one attached hydrogen (secondary N) is 1. The van der Waals surface area contributed by atoms with Gasteiger partial charge in [-0.25, -0.2) is 0 Å². The lowest BCUT2D eigenvalue weighted by Crippen LogP contribution is -2.44. The molecule has 0 unspecified atom stereocenters. The Hall–Kier alpha value is -3.16. The van der Waals surface area contributed by atoms with Gasteiger partial charge in [0.25, 0.3) is 11.8 Å². The van der Waals surface area contributed by atoms with Gasteiger partial charge in [-0.3, -0.25) is 15.0 Å². The van der Waals surface area contributed by atoms with Crippen molar-refractivity contribution in [2.24, 2.45) is 0 Å². The van der Waals surface area contributed by atoms with Gasteiger partial charge in [0, 0.05) is 22.6 Å². The Labute approximate surface area is 184 Å². The lowest BCUT2D eigenvalue weighted by atomic mass is 10.2. The number of hydrogen-bond donors (Lipinski definition) is 1. The topological polar surface area (TPSA) is 54.3 Å². The molecule has 1 aliphatic rings. The molecule has 0 radical (unpaired) electrons. The van der Waals surface area contributed by atoms with Crippen LogP contribution in [-0.2, 0) is 4.79 Å². The van der Waals surface area contributed by atoms with Crippen LogP contribution in [0.4, 0.5) is 0 Å². The van der Waals surface area contributed by atoms with Gasteiger partial charge in [0.05, 0.1) is 4.91 Å². The summed E-state index contributed by atoms with van der Waals surface area (Å²) in [5.41, 5.74) is 7.16. The number of thiocarbonyl (C=S) groups is 1. The Morgan fingerprint density at radius 1 is 1.03 bits per heavy atom. The molecule has 2 amide bonds. The Bertz CT molecular complexity index is 1170. The number of thioether (sulfide) groups is 1. The number of amides is 2.